The summed E-state index contributed by atoms with van der Waals surface area (Å²) in [6.07, 6.45) is 0.939. The van der Waals surface area contributed by atoms with Crippen molar-refractivity contribution < 1.29 is 18.7 Å². The van der Waals surface area contributed by atoms with E-state index < -0.39 is 11.7 Å². The maximum atomic E-state index is 12.2. The Morgan fingerprint density at radius 1 is 1.32 bits per heavy atom. The van der Waals surface area contributed by atoms with Crippen molar-refractivity contribution in [1.29, 1.82) is 0 Å². The van der Waals surface area contributed by atoms with E-state index in [1.807, 2.05) is 20.8 Å². The first kappa shape index (κ1) is 16.7. The zero-order valence-corrected chi connectivity index (χ0v) is 13.8. The average Bonchev–Trinajstić information content (AvgIpc) is 2.83. The highest BCUT2D eigenvalue weighted by Crippen LogP contribution is 2.18. The van der Waals surface area contributed by atoms with Gasteiger partial charge in [0, 0.05) is 19.1 Å². The van der Waals surface area contributed by atoms with Gasteiger partial charge in [-0.15, -0.1) is 0 Å². The second kappa shape index (κ2) is 6.60. The third-order valence-electron chi connectivity index (χ3n) is 3.29. The van der Waals surface area contributed by atoms with Crippen LogP contribution in [0.5, 0.6) is 0 Å². The number of hydrogen-bond acceptors (Lipinski definition) is 4. The van der Waals surface area contributed by atoms with Crippen LogP contribution in [0.15, 0.2) is 16.5 Å². The second-order valence-corrected chi connectivity index (χ2v) is 6.69. The molecule has 0 spiro atoms. The number of nitrogens with zero attached hydrogens (tertiary/aromatic N) is 1. The second-order valence-electron chi connectivity index (χ2n) is 6.32. The summed E-state index contributed by atoms with van der Waals surface area (Å²) in [4.78, 5) is 25.6. The largest absolute Gasteiger partial charge is 0.444 e. The summed E-state index contributed by atoms with van der Waals surface area (Å²) in [5, 5.41) is 3.03. The Labute approximate surface area is 134 Å². The minimum absolute atomic E-state index is 0.0130. The highest BCUT2D eigenvalue weighted by atomic mass is 35.5. The van der Waals surface area contributed by atoms with Crippen molar-refractivity contribution in [2.24, 2.45) is 0 Å². The zero-order chi connectivity index (χ0) is 16.3. The topological polar surface area (TPSA) is 71.8 Å². The molecule has 1 aliphatic rings. The fourth-order valence-electron chi connectivity index (χ4n) is 2.29. The lowest BCUT2D eigenvalue weighted by Gasteiger charge is -2.32. The summed E-state index contributed by atoms with van der Waals surface area (Å²) in [6.45, 7) is 6.57. The fraction of sp³-hybridized carbons (Fsp3) is 0.600. The van der Waals surface area contributed by atoms with Crippen molar-refractivity contribution in [1.82, 2.24) is 10.2 Å². The van der Waals surface area contributed by atoms with E-state index in [4.69, 9.17) is 20.8 Å². The first-order valence-electron chi connectivity index (χ1n) is 7.29. The van der Waals surface area contributed by atoms with E-state index in [-0.39, 0.29) is 22.9 Å². The molecule has 7 heteroatoms. The molecular formula is C15H21ClN2O4. The van der Waals surface area contributed by atoms with E-state index >= 15 is 0 Å². The Bertz CT molecular complexity index is 542. The lowest BCUT2D eigenvalue weighted by molar-refractivity contribution is 0.0470. The first-order valence-corrected chi connectivity index (χ1v) is 7.66. The molecule has 1 fully saturated rings. The van der Waals surface area contributed by atoms with Gasteiger partial charge in [0.15, 0.2) is 11.0 Å². The number of carbonyl (C=O) groups is 2. The number of carbonyl (C=O) groups excluding carboxylic acids is 2. The fourth-order valence-corrected chi connectivity index (χ4v) is 2.43. The number of likely N-dealkylation sites (tertiary alicyclic amines) is 1. The smallest absolute Gasteiger partial charge is 0.407 e. The van der Waals surface area contributed by atoms with Gasteiger partial charge in [0.25, 0.3) is 5.91 Å². The molecule has 1 aromatic rings. The number of piperidine rings is 1. The number of halogens is 1. The molecule has 1 N–H and O–H groups in total. The van der Waals surface area contributed by atoms with Crippen LogP contribution in [0.3, 0.4) is 0 Å². The van der Waals surface area contributed by atoms with Crippen LogP contribution < -0.4 is 5.32 Å². The van der Waals surface area contributed by atoms with Crippen molar-refractivity contribution in [3.63, 3.8) is 0 Å². The lowest BCUT2D eigenvalue weighted by Crippen LogP contribution is -2.47. The molecule has 2 heterocycles. The normalized spacial score (nSPS) is 16.5. The van der Waals surface area contributed by atoms with Crippen LogP contribution in [0.2, 0.25) is 5.22 Å². The molecule has 122 valence electrons. The van der Waals surface area contributed by atoms with Crippen LogP contribution in [0.25, 0.3) is 0 Å². The predicted octanol–water partition coefficient (Wildman–Crippen LogP) is 3.06. The van der Waals surface area contributed by atoms with E-state index in [0.29, 0.717) is 25.9 Å². The summed E-state index contributed by atoms with van der Waals surface area (Å²) in [5.74, 6) is 0.0613. The van der Waals surface area contributed by atoms with Gasteiger partial charge in [-0.2, -0.15) is 0 Å². The van der Waals surface area contributed by atoms with E-state index in [2.05, 4.69) is 5.32 Å². The number of nitrogens with one attached hydrogen (secondary N) is 1. The predicted molar refractivity (Wildman–Crippen MR) is 82.0 cm³/mol. The molecule has 0 aliphatic carbocycles. The molecule has 0 radical (unpaired) electrons. The van der Waals surface area contributed by atoms with E-state index in [1.54, 1.807) is 17.0 Å². The maximum absolute atomic E-state index is 12.2. The molecular weight excluding hydrogens is 308 g/mol. The monoisotopic (exact) mass is 328 g/mol. The minimum Gasteiger partial charge on any atom is -0.444 e. The Balaban J connectivity index is 1.80. The number of alkyl carbamates (subject to hydrolysis) is 1. The van der Waals surface area contributed by atoms with Crippen LogP contribution in [0, 0.1) is 0 Å². The molecule has 0 aromatic carbocycles. The van der Waals surface area contributed by atoms with Crippen molar-refractivity contribution in [3.05, 3.63) is 23.1 Å². The summed E-state index contributed by atoms with van der Waals surface area (Å²) in [6, 6.07) is 3.13. The van der Waals surface area contributed by atoms with Crippen LogP contribution in [0.1, 0.15) is 44.2 Å². The molecule has 1 aliphatic heterocycles. The highest BCUT2D eigenvalue weighted by Gasteiger charge is 2.27. The summed E-state index contributed by atoms with van der Waals surface area (Å²) in [5.41, 5.74) is -0.515. The number of furan rings is 1. The average molecular weight is 329 g/mol. The van der Waals surface area contributed by atoms with Gasteiger partial charge >= 0.3 is 6.09 Å². The third kappa shape index (κ3) is 4.66. The van der Waals surface area contributed by atoms with E-state index in [1.165, 1.54) is 0 Å². The molecule has 22 heavy (non-hydrogen) atoms. The van der Waals surface area contributed by atoms with Crippen LogP contribution in [-0.4, -0.2) is 41.6 Å². The number of rotatable bonds is 2. The number of amides is 2. The van der Waals surface area contributed by atoms with Gasteiger partial charge in [-0.05, 0) is 57.3 Å². The molecule has 0 bridgehead atoms. The Hall–Kier alpha value is -1.69. The van der Waals surface area contributed by atoms with E-state index in [0.717, 1.165) is 0 Å². The Morgan fingerprint density at radius 2 is 1.95 bits per heavy atom. The molecule has 2 rings (SSSR count). The van der Waals surface area contributed by atoms with E-state index in [9.17, 15) is 9.59 Å². The van der Waals surface area contributed by atoms with Gasteiger partial charge in [-0.3, -0.25) is 4.79 Å². The summed E-state index contributed by atoms with van der Waals surface area (Å²) >= 11 is 5.68. The van der Waals surface area contributed by atoms with Crippen molar-refractivity contribution in [3.8, 4) is 0 Å². The van der Waals surface area contributed by atoms with Gasteiger partial charge < -0.3 is 19.4 Å². The molecule has 1 aromatic heterocycles. The van der Waals surface area contributed by atoms with Gasteiger partial charge in [0.1, 0.15) is 5.60 Å². The SMILES string of the molecule is CC(C)(C)OC(=O)NC1CCN(C(=O)c2ccc(Cl)o2)CC1. The maximum Gasteiger partial charge on any atom is 0.407 e. The summed E-state index contributed by atoms with van der Waals surface area (Å²) < 4.78 is 10.4. The van der Waals surface area contributed by atoms with Gasteiger partial charge in [0.05, 0.1) is 0 Å². The van der Waals surface area contributed by atoms with Gasteiger partial charge in [-0.25, -0.2) is 4.79 Å². The van der Waals surface area contributed by atoms with Crippen LogP contribution >= 0.6 is 11.6 Å². The standard InChI is InChI=1S/C15H21ClN2O4/c1-15(2,3)22-14(20)17-10-6-8-18(9-7-10)13(19)11-4-5-12(16)21-11/h4-5,10H,6-9H2,1-3H3,(H,17,20). The molecule has 2 amide bonds. The minimum atomic E-state index is -0.515. The molecule has 0 atom stereocenters. The molecule has 6 nitrogen and oxygen atoms in total. The molecule has 0 unspecified atom stereocenters. The molecule has 1 saturated heterocycles. The van der Waals surface area contributed by atoms with Crippen molar-refractivity contribution in [2.75, 3.05) is 13.1 Å². The first-order chi connectivity index (χ1) is 10.2. The van der Waals surface area contributed by atoms with Crippen LogP contribution in [0.4, 0.5) is 4.79 Å². The number of ether oxygens (including phenoxy) is 1. The quantitative estimate of drug-likeness (QED) is 0.905. The van der Waals surface area contributed by atoms with Crippen molar-refractivity contribution >= 4 is 23.6 Å². The highest BCUT2D eigenvalue weighted by molar-refractivity contribution is 6.29. The molecule has 0 saturated carbocycles. The Morgan fingerprint density at radius 3 is 2.45 bits per heavy atom. The summed E-state index contributed by atoms with van der Waals surface area (Å²) in [7, 11) is 0. The van der Waals surface area contributed by atoms with Crippen LogP contribution in [-0.2, 0) is 4.74 Å². The van der Waals surface area contributed by atoms with Gasteiger partial charge in [-0.1, -0.05) is 0 Å². The lowest BCUT2D eigenvalue weighted by atomic mass is 10.1. The van der Waals surface area contributed by atoms with Crippen molar-refractivity contribution in [2.45, 2.75) is 45.3 Å². The third-order valence-corrected chi connectivity index (χ3v) is 3.49. The van der Waals surface area contributed by atoms with Gasteiger partial charge in [0.2, 0.25) is 0 Å². The number of hydrogen-bond donors (Lipinski definition) is 1. The Kier molecular flexibility index (Phi) is 5.01. The zero-order valence-electron chi connectivity index (χ0n) is 13.0.